The summed E-state index contributed by atoms with van der Waals surface area (Å²) in [5.74, 6) is -0.266. The van der Waals surface area contributed by atoms with E-state index in [9.17, 15) is 13.2 Å². The van der Waals surface area contributed by atoms with E-state index in [1.165, 1.54) is 0 Å². The average Bonchev–Trinajstić information content (AvgIpc) is 3.16. The Kier molecular flexibility index (Phi) is 6.59. The van der Waals surface area contributed by atoms with E-state index >= 15 is 0 Å². The fourth-order valence-corrected chi connectivity index (χ4v) is 5.08. The Hall–Kier alpha value is -2.62. The third-order valence-electron chi connectivity index (χ3n) is 4.68. The molecule has 0 unspecified atom stereocenters. The molecule has 2 N–H and O–H groups in total. The summed E-state index contributed by atoms with van der Waals surface area (Å²) in [4.78, 5) is 12.2. The molecule has 31 heavy (non-hydrogen) atoms. The van der Waals surface area contributed by atoms with Crippen molar-refractivity contribution < 1.29 is 13.2 Å². The normalized spacial score (nSPS) is 13.1. The van der Waals surface area contributed by atoms with E-state index < -0.39 is 21.5 Å². The Labute approximate surface area is 187 Å². The summed E-state index contributed by atoms with van der Waals surface area (Å²) in [6, 6.07) is 14.7. The second kappa shape index (κ2) is 8.86. The van der Waals surface area contributed by atoms with Crippen LogP contribution in [0.4, 0.5) is 5.13 Å². The number of benzene rings is 2. The van der Waals surface area contributed by atoms with Gasteiger partial charge in [0.2, 0.25) is 15.4 Å². The van der Waals surface area contributed by atoms with Crippen LogP contribution in [-0.2, 0) is 14.8 Å². The maximum Gasteiger partial charge on any atom is 0.270 e. The van der Waals surface area contributed by atoms with Crippen molar-refractivity contribution in [3.8, 4) is 0 Å². The number of sulfonamides is 1. The molecule has 9 heteroatoms. The Morgan fingerprint density at radius 1 is 1.03 bits per heavy atom. The van der Waals surface area contributed by atoms with Gasteiger partial charge in [-0.05, 0) is 30.5 Å². The molecule has 164 valence electrons. The molecule has 0 fully saturated rings. The zero-order chi connectivity index (χ0) is 22.8. The third kappa shape index (κ3) is 5.55. The number of hydrogen-bond donors (Lipinski definition) is 2. The lowest BCUT2D eigenvalue weighted by molar-refractivity contribution is -0.123. The van der Waals surface area contributed by atoms with E-state index in [0.29, 0.717) is 0 Å². The minimum Gasteiger partial charge on any atom is -0.300 e. The van der Waals surface area contributed by atoms with Gasteiger partial charge in [-0.3, -0.25) is 4.79 Å². The lowest BCUT2D eigenvalue weighted by atomic mass is 9.95. The highest BCUT2D eigenvalue weighted by Crippen LogP contribution is 2.29. The molecule has 1 heterocycles. The minimum absolute atomic E-state index is 0.142. The number of rotatable bonds is 6. The second-order valence-corrected chi connectivity index (χ2v) is 11.3. The van der Waals surface area contributed by atoms with Crippen LogP contribution in [0.1, 0.15) is 49.1 Å². The van der Waals surface area contributed by atoms with E-state index in [2.05, 4.69) is 20.2 Å². The monoisotopic (exact) mass is 458 g/mol. The first-order valence-corrected chi connectivity index (χ1v) is 12.1. The maximum absolute atomic E-state index is 13.1. The van der Waals surface area contributed by atoms with Gasteiger partial charge in [0.05, 0.1) is 6.04 Å². The number of carbonyl (C=O) groups is 1. The lowest BCUT2D eigenvalue weighted by Crippen LogP contribution is -2.30. The number of nitrogens with zero attached hydrogens (tertiary/aromatic N) is 2. The zero-order valence-electron chi connectivity index (χ0n) is 18.1. The first-order valence-electron chi connectivity index (χ1n) is 9.77. The van der Waals surface area contributed by atoms with Crippen molar-refractivity contribution in [2.24, 2.45) is 5.41 Å². The second-order valence-electron chi connectivity index (χ2n) is 8.40. The van der Waals surface area contributed by atoms with Gasteiger partial charge in [0.25, 0.3) is 10.0 Å². The number of aryl methyl sites for hydroxylation is 2. The van der Waals surface area contributed by atoms with Gasteiger partial charge < -0.3 is 5.32 Å². The quantitative estimate of drug-likeness (QED) is 0.539. The summed E-state index contributed by atoms with van der Waals surface area (Å²) in [7, 11) is -3.99. The number of carbonyl (C=O) groups excluding carboxylic acids is 1. The van der Waals surface area contributed by atoms with Crippen LogP contribution in [-0.4, -0.2) is 24.5 Å². The highest BCUT2D eigenvalue weighted by Gasteiger charge is 2.28. The van der Waals surface area contributed by atoms with Crippen molar-refractivity contribution in [1.82, 2.24) is 14.9 Å². The average molecular weight is 459 g/mol. The topological polar surface area (TPSA) is 101 Å². The van der Waals surface area contributed by atoms with Crippen LogP contribution in [0.2, 0.25) is 0 Å². The van der Waals surface area contributed by atoms with Crippen molar-refractivity contribution in [3.63, 3.8) is 0 Å². The molecular weight excluding hydrogens is 432 g/mol. The zero-order valence-corrected chi connectivity index (χ0v) is 19.8. The lowest BCUT2D eigenvalue weighted by Gasteiger charge is -2.21. The van der Waals surface area contributed by atoms with Crippen LogP contribution in [0.15, 0.2) is 52.9 Å². The van der Waals surface area contributed by atoms with Gasteiger partial charge in [-0.2, -0.15) is 4.72 Å². The molecule has 2 aromatic carbocycles. The van der Waals surface area contributed by atoms with Crippen molar-refractivity contribution in [1.29, 1.82) is 0 Å². The molecule has 0 bridgehead atoms. The minimum atomic E-state index is -3.99. The molecule has 3 rings (SSSR count). The first kappa shape index (κ1) is 23.1. The van der Waals surface area contributed by atoms with Gasteiger partial charge in [-0.15, -0.1) is 10.2 Å². The molecule has 0 saturated carbocycles. The van der Waals surface area contributed by atoms with E-state index in [4.69, 9.17) is 0 Å². The summed E-state index contributed by atoms with van der Waals surface area (Å²) >= 11 is 0.819. The predicted octanol–water partition coefficient (Wildman–Crippen LogP) is 4.21. The Balaban J connectivity index is 1.93. The smallest absolute Gasteiger partial charge is 0.270 e. The number of aromatic nitrogens is 2. The highest BCUT2D eigenvalue weighted by molar-refractivity contribution is 7.91. The van der Waals surface area contributed by atoms with Crippen molar-refractivity contribution >= 4 is 32.4 Å². The van der Waals surface area contributed by atoms with E-state index in [1.54, 1.807) is 20.8 Å². The number of nitrogens with one attached hydrogen (secondary N) is 2. The van der Waals surface area contributed by atoms with Crippen LogP contribution < -0.4 is 10.0 Å². The largest absolute Gasteiger partial charge is 0.300 e. The van der Waals surface area contributed by atoms with Crippen LogP contribution in [0.3, 0.4) is 0 Å². The molecule has 3 aromatic rings. The summed E-state index contributed by atoms with van der Waals surface area (Å²) < 4.78 is 28.9. The Morgan fingerprint density at radius 2 is 1.71 bits per heavy atom. The number of anilines is 1. The molecule has 0 radical (unpaired) electrons. The van der Waals surface area contributed by atoms with Crippen molar-refractivity contribution in [3.05, 3.63) is 70.8 Å². The Bertz CT molecular complexity index is 1180. The van der Waals surface area contributed by atoms with Crippen LogP contribution >= 0.6 is 11.3 Å². The van der Waals surface area contributed by atoms with Gasteiger partial charge in [-0.1, -0.05) is 86.2 Å². The Morgan fingerprint density at radius 3 is 2.32 bits per heavy atom. The summed E-state index contributed by atoms with van der Waals surface area (Å²) in [5.41, 5.74) is 3.10. The molecule has 1 amide bonds. The summed E-state index contributed by atoms with van der Waals surface area (Å²) in [6.07, 6.45) is 0. The summed E-state index contributed by atoms with van der Waals surface area (Å²) in [6.45, 7) is 9.23. The molecule has 0 aliphatic carbocycles. The fraction of sp³-hybridized carbons (Fsp3) is 0.318. The number of amides is 1. The molecule has 0 aliphatic heterocycles. The predicted molar refractivity (Wildman–Crippen MR) is 123 cm³/mol. The number of hydrogen-bond acceptors (Lipinski definition) is 6. The van der Waals surface area contributed by atoms with Crippen molar-refractivity contribution in [2.75, 3.05) is 5.32 Å². The van der Waals surface area contributed by atoms with E-state index in [1.807, 2.05) is 62.4 Å². The molecule has 1 aromatic heterocycles. The molecule has 0 aliphatic rings. The molecule has 0 spiro atoms. The van der Waals surface area contributed by atoms with Gasteiger partial charge in [0.1, 0.15) is 0 Å². The van der Waals surface area contributed by atoms with Crippen LogP contribution in [0.25, 0.3) is 0 Å². The molecule has 7 nitrogen and oxygen atoms in total. The molecular formula is C22H26N4O3S2. The van der Waals surface area contributed by atoms with Gasteiger partial charge in [0, 0.05) is 5.41 Å². The third-order valence-corrected chi connectivity index (χ3v) is 7.31. The van der Waals surface area contributed by atoms with Crippen molar-refractivity contribution in [2.45, 2.75) is 45.0 Å². The standard InChI is InChI=1S/C22H26N4O3S2/c1-14-11-12-17(15(2)13-14)18(16-9-7-6-8-10-16)26-31(28,29)21-25-24-20(30-21)23-19(27)22(3,4)5/h6-13,18,26H,1-5H3,(H,23,24,27)/t18-/m0/s1. The maximum atomic E-state index is 13.1. The summed E-state index contributed by atoms with van der Waals surface area (Å²) in [5, 5.41) is 10.4. The SMILES string of the molecule is Cc1ccc([C@@H](NS(=O)(=O)c2nnc(NC(=O)C(C)(C)C)s2)c2ccccc2)c(C)c1. The van der Waals surface area contributed by atoms with Gasteiger partial charge in [-0.25, -0.2) is 8.42 Å². The van der Waals surface area contributed by atoms with E-state index in [0.717, 1.165) is 33.6 Å². The van der Waals surface area contributed by atoms with Crippen LogP contribution in [0.5, 0.6) is 0 Å². The molecule has 1 atom stereocenters. The van der Waals surface area contributed by atoms with E-state index in [-0.39, 0.29) is 15.4 Å². The van der Waals surface area contributed by atoms with Gasteiger partial charge >= 0.3 is 0 Å². The highest BCUT2D eigenvalue weighted by atomic mass is 32.2. The first-order chi connectivity index (χ1) is 14.5. The fourth-order valence-electron chi connectivity index (χ4n) is 2.97. The van der Waals surface area contributed by atoms with Gasteiger partial charge in [0.15, 0.2) is 0 Å². The molecule has 0 saturated heterocycles. The van der Waals surface area contributed by atoms with Crippen LogP contribution in [0, 0.1) is 19.3 Å².